The van der Waals surface area contributed by atoms with Crippen LogP contribution in [0, 0.1) is 5.92 Å². The van der Waals surface area contributed by atoms with Gasteiger partial charge in [-0.3, -0.25) is 9.69 Å². The van der Waals surface area contributed by atoms with Crippen LogP contribution in [-0.2, 0) is 4.79 Å². The molecule has 2 rings (SSSR count). The summed E-state index contributed by atoms with van der Waals surface area (Å²) in [5.41, 5.74) is 0.594. The molecule has 0 bridgehead atoms. The molecule has 1 aliphatic carbocycles. The number of allylic oxidation sites excluding steroid dienone is 2. The molecule has 0 radical (unpaired) electrons. The Kier molecular flexibility index (Phi) is 4.31. The fourth-order valence-electron chi connectivity index (χ4n) is 2.92. The number of aliphatic hydroxyl groups is 1. The zero-order chi connectivity index (χ0) is 14.0. The third-order valence-corrected chi connectivity index (χ3v) is 4.41. The van der Waals surface area contributed by atoms with Gasteiger partial charge in [-0.15, -0.1) is 0 Å². The van der Waals surface area contributed by atoms with Crippen LogP contribution in [0.3, 0.4) is 0 Å². The van der Waals surface area contributed by atoms with E-state index in [2.05, 4.69) is 6.08 Å². The third kappa shape index (κ3) is 3.00. The van der Waals surface area contributed by atoms with Gasteiger partial charge in [-0.2, -0.15) is 0 Å². The number of carbonyl (C=O) groups is 1. The summed E-state index contributed by atoms with van der Waals surface area (Å²) < 4.78 is 0. The van der Waals surface area contributed by atoms with Gasteiger partial charge >= 0.3 is 0 Å². The van der Waals surface area contributed by atoms with Gasteiger partial charge in [-0.1, -0.05) is 19.9 Å². The molecular formula is C15H26N2O2. The maximum absolute atomic E-state index is 12.3. The van der Waals surface area contributed by atoms with Crippen molar-refractivity contribution in [2.75, 3.05) is 26.2 Å². The fourth-order valence-corrected chi connectivity index (χ4v) is 2.92. The molecule has 1 saturated heterocycles. The number of likely N-dealkylation sites (N-methyl/N-ethyl adjacent to an activating group) is 1. The Balaban J connectivity index is 1.85. The molecule has 0 atom stereocenters. The van der Waals surface area contributed by atoms with Crippen LogP contribution in [0.15, 0.2) is 11.8 Å². The van der Waals surface area contributed by atoms with Gasteiger partial charge in [0.1, 0.15) is 0 Å². The standard InChI is InChI=1S/C15H26N2O2/c1-4-17(13-7-5-6-8-13)14(18)9-16-10-15(19,11-16)12(2)3/h7,12,19H,4-6,8-11H2,1-3H3. The van der Waals surface area contributed by atoms with Gasteiger partial charge in [0.15, 0.2) is 0 Å². The highest BCUT2D eigenvalue weighted by Crippen LogP contribution is 2.29. The van der Waals surface area contributed by atoms with Crippen molar-refractivity contribution in [1.29, 1.82) is 0 Å². The number of nitrogens with zero attached hydrogens (tertiary/aromatic N) is 2. The minimum Gasteiger partial charge on any atom is -0.387 e. The number of hydrogen-bond acceptors (Lipinski definition) is 3. The molecule has 0 saturated carbocycles. The molecule has 0 aromatic carbocycles. The predicted octanol–water partition coefficient (Wildman–Crippen LogP) is 1.61. The van der Waals surface area contributed by atoms with E-state index in [4.69, 9.17) is 0 Å². The second kappa shape index (κ2) is 5.63. The molecule has 19 heavy (non-hydrogen) atoms. The highest BCUT2D eigenvalue weighted by atomic mass is 16.3. The molecule has 1 heterocycles. The van der Waals surface area contributed by atoms with Crippen LogP contribution >= 0.6 is 0 Å². The molecular weight excluding hydrogens is 240 g/mol. The average molecular weight is 266 g/mol. The van der Waals surface area contributed by atoms with Crippen LogP contribution in [0.2, 0.25) is 0 Å². The van der Waals surface area contributed by atoms with Gasteiger partial charge in [0.2, 0.25) is 5.91 Å². The van der Waals surface area contributed by atoms with Crippen molar-refractivity contribution in [2.24, 2.45) is 5.92 Å². The Hall–Kier alpha value is -0.870. The van der Waals surface area contributed by atoms with E-state index in [1.165, 1.54) is 5.70 Å². The lowest BCUT2D eigenvalue weighted by Gasteiger charge is -2.49. The molecule has 4 nitrogen and oxygen atoms in total. The zero-order valence-corrected chi connectivity index (χ0v) is 12.4. The molecule has 1 aliphatic heterocycles. The van der Waals surface area contributed by atoms with Crippen LogP contribution in [0.5, 0.6) is 0 Å². The minimum absolute atomic E-state index is 0.168. The lowest BCUT2D eigenvalue weighted by atomic mass is 9.83. The first-order valence-electron chi connectivity index (χ1n) is 7.40. The van der Waals surface area contributed by atoms with E-state index in [1.807, 2.05) is 30.6 Å². The Morgan fingerprint density at radius 1 is 1.53 bits per heavy atom. The Morgan fingerprint density at radius 3 is 2.68 bits per heavy atom. The van der Waals surface area contributed by atoms with E-state index in [-0.39, 0.29) is 11.8 Å². The van der Waals surface area contributed by atoms with Crippen molar-refractivity contribution >= 4 is 5.91 Å². The lowest BCUT2D eigenvalue weighted by molar-refractivity contribution is -0.147. The SMILES string of the molecule is CCN(C(=O)CN1CC(O)(C(C)C)C1)C1=CCCC1. The number of likely N-dealkylation sites (tertiary alicyclic amines) is 1. The van der Waals surface area contributed by atoms with Crippen LogP contribution in [-0.4, -0.2) is 52.6 Å². The Labute approximate surface area is 116 Å². The first-order valence-corrected chi connectivity index (χ1v) is 7.40. The quantitative estimate of drug-likeness (QED) is 0.822. The molecule has 108 valence electrons. The number of β-amino-alcohol motifs (C(OH)–C–C–N with tert-alkyl or cyclic N) is 1. The minimum atomic E-state index is -0.593. The van der Waals surface area contributed by atoms with Gasteiger partial charge in [0, 0.05) is 25.3 Å². The maximum atomic E-state index is 12.3. The van der Waals surface area contributed by atoms with Gasteiger partial charge < -0.3 is 10.0 Å². The summed E-state index contributed by atoms with van der Waals surface area (Å²) in [5, 5.41) is 10.2. The second-order valence-electron chi connectivity index (χ2n) is 6.13. The van der Waals surface area contributed by atoms with E-state index in [0.717, 1.165) is 25.8 Å². The Morgan fingerprint density at radius 2 is 2.21 bits per heavy atom. The number of rotatable bonds is 5. The average Bonchev–Trinajstić information content (AvgIpc) is 2.81. The third-order valence-electron chi connectivity index (χ3n) is 4.41. The molecule has 0 unspecified atom stereocenters. The van der Waals surface area contributed by atoms with Gasteiger partial charge in [-0.05, 0) is 32.1 Å². The molecule has 0 aromatic rings. The van der Waals surface area contributed by atoms with E-state index in [0.29, 0.717) is 19.6 Å². The molecule has 1 fully saturated rings. The zero-order valence-electron chi connectivity index (χ0n) is 12.4. The number of carbonyl (C=O) groups excluding carboxylic acids is 1. The van der Waals surface area contributed by atoms with Crippen LogP contribution < -0.4 is 0 Å². The van der Waals surface area contributed by atoms with Gasteiger partial charge in [0.05, 0.1) is 12.1 Å². The van der Waals surface area contributed by atoms with E-state index < -0.39 is 5.60 Å². The van der Waals surface area contributed by atoms with Crippen molar-refractivity contribution in [3.05, 3.63) is 11.8 Å². The molecule has 0 aromatic heterocycles. The Bertz CT molecular complexity index is 370. The van der Waals surface area contributed by atoms with Gasteiger partial charge in [0.25, 0.3) is 0 Å². The molecule has 1 amide bonds. The normalized spacial score (nSPS) is 22.3. The van der Waals surface area contributed by atoms with E-state index >= 15 is 0 Å². The van der Waals surface area contributed by atoms with Crippen molar-refractivity contribution in [2.45, 2.75) is 45.6 Å². The van der Waals surface area contributed by atoms with Crippen LogP contribution in [0.4, 0.5) is 0 Å². The largest absolute Gasteiger partial charge is 0.387 e. The smallest absolute Gasteiger partial charge is 0.240 e. The van der Waals surface area contributed by atoms with Crippen molar-refractivity contribution in [3.63, 3.8) is 0 Å². The molecule has 1 N–H and O–H groups in total. The van der Waals surface area contributed by atoms with Crippen molar-refractivity contribution in [3.8, 4) is 0 Å². The van der Waals surface area contributed by atoms with Crippen LogP contribution in [0.1, 0.15) is 40.0 Å². The van der Waals surface area contributed by atoms with E-state index in [9.17, 15) is 9.90 Å². The topological polar surface area (TPSA) is 43.8 Å². The molecule has 2 aliphatic rings. The fraction of sp³-hybridized carbons (Fsp3) is 0.800. The lowest BCUT2D eigenvalue weighted by Crippen LogP contribution is -2.65. The monoisotopic (exact) mass is 266 g/mol. The summed E-state index contributed by atoms with van der Waals surface area (Å²) in [6, 6.07) is 0. The summed E-state index contributed by atoms with van der Waals surface area (Å²) in [6.45, 7) is 8.49. The van der Waals surface area contributed by atoms with Crippen LogP contribution in [0.25, 0.3) is 0 Å². The summed E-state index contributed by atoms with van der Waals surface area (Å²) in [6.07, 6.45) is 5.46. The molecule has 0 spiro atoms. The number of amides is 1. The summed E-state index contributed by atoms with van der Waals surface area (Å²) >= 11 is 0. The summed E-state index contributed by atoms with van der Waals surface area (Å²) in [4.78, 5) is 16.3. The number of hydrogen-bond donors (Lipinski definition) is 1. The summed E-state index contributed by atoms with van der Waals surface area (Å²) in [5.74, 6) is 0.417. The van der Waals surface area contributed by atoms with Crippen molar-refractivity contribution in [1.82, 2.24) is 9.80 Å². The van der Waals surface area contributed by atoms with Crippen molar-refractivity contribution < 1.29 is 9.90 Å². The second-order valence-corrected chi connectivity index (χ2v) is 6.13. The summed E-state index contributed by atoms with van der Waals surface area (Å²) in [7, 11) is 0. The molecule has 4 heteroatoms. The predicted molar refractivity (Wildman–Crippen MR) is 75.5 cm³/mol. The maximum Gasteiger partial charge on any atom is 0.240 e. The first kappa shape index (κ1) is 14.5. The van der Waals surface area contributed by atoms with E-state index in [1.54, 1.807) is 0 Å². The highest BCUT2D eigenvalue weighted by Gasteiger charge is 2.44. The first-order chi connectivity index (χ1) is 8.96. The highest BCUT2D eigenvalue weighted by molar-refractivity contribution is 5.80. The van der Waals surface area contributed by atoms with Gasteiger partial charge in [-0.25, -0.2) is 0 Å².